The summed E-state index contributed by atoms with van der Waals surface area (Å²) >= 11 is 0. The molecule has 2 rings (SSSR count). The molecule has 0 atom stereocenters. The Morgan fingerprint density at radius 1 is 1.35 bits per heavy atom. The van der Waals surface area contributed by atoms with Crippen LogP contribution in [-0.4, -0.2) is 20.7 Å². The highest BCUT2D eigenvalue weighted by Gasteiger charge is 2.12. The highest BCUT2D eigenvalue weighted by molar-refractivity contribution is 5.90. The number of para-hydroxylation sites is 1. The number of nitrogens with zero attached hydrogens (tertiary/aromatic N) is 3. The maximum Gasteiger partial charge on any atom is 0.304 e. The summed E-state index contributed by atoms with van der Waals surface area (Å²) in [6.45, 7) is 0. The number of amides is 1. The van der Waals surface area contributed by atoms with E-state index >= 15 is 0 Å². The molecule has 0 saturated carbocycles. The first-order chi connectivity index (χ1) is 8.09. The van der Waals surface area contributed by atoms with Crippen molar-refractivity contribution in [1.82, 2.24) is 14.8 Å². The lowest BCUT2D eigenvalue weighted by molar-refractivity contribution is 0.0992. The van der Waals surface area contributed by atoms with Gasteiger partial charge >= 0.3 is 5.56 Å². The van der Waals surface area contributed by atoms with Crippen molar-refractivity contribution in [3.8, 4) is 5.69 Å². The van der Waals surface area contributed by atoms with Crippen LogP contribution >= 0.6 is 0 Å². The summed E-state index contributed by atoms with van der Waals surface area (Å²) < 4.78 is 14.4. The van der Waals surface area contributed by atoms with Gasteiger partial charge in [-0.25, -0.2) is 9.07 Å². The van der Waals surface area contributed by atoms with Crippen LogP contribution in [0.2, 0.25) is 0 Å². The first-order valence-corrected chi connectivity index (χ1v) is 4.60. The third kappa shape index (κ3) is 2.03. The molecule has 0 saturated heterocycles. The molecule has 0 aliphatic carbocycles. The number of aromatic nitrogens is 3. The van der Waals surface area contributed by atoms with Gasteiger partial charge in [0, 0.05) is 0 Å². The van der Waals surface area contributed by atoms with Crippen molar-refractivity contribution in [3.05, 3.63) is 52.5 Å². The number of hydrogen-bond acceptors (Lipinski definition) is 4. The molecule has 0 radical (unpaired) electrons. The first kappa shape index (κ1) is 10.9. The van der Waals surface area contributed by atoms with E-state index < -0.39 is 23.0 Å². The molecule has 2 aromatic rings. The number of hydrogen-bond donors (Lipinski definition) is 1. The Balaban J connectivity index is 2.62. The van der Waals surface area contributed by atoms with Crippen molar-refractivity contribution in [3.63, 3.8) is 0 Å². The van der Waals surface area contributed by atoms with Crippen LogP contribution < -0.4 is 11.3 Å². The second kappa shape index (κ2) is 4.12. The van der Waals surface area contributed by atoms with E-state index in [0.717, 1.165) is 11.0 Å². The van der Waals surface area contributed by atoms with Crippen LogP contribution in [0.4, 0.5) is 4.39 Å². The van der Waals surface area contributed by atoms with Crippen molar-refractivity contribution in [2.75, 3.05) is 0 Å². The van der Waals surface area contributed by atoms with Gasteiger partial charge in [-0.2, -0.15) is 10.1 Å². The minimum Gasteiger partial charge on any atom is -0.364 e. The lowest BCUT2D eigenvalue weighted by atomic mass is 10.3. The van der Waals surface area contributed by atoms with Gasteiger partial charge in [0.1, 0.15) is 17.8 Å². The van der Waals surface area contributed by atoms with Crippen molar-refractivity contribution in [2.45, 2.75) is 0 Å². The van der Waals surface area contributed by atoms with Gasteiger partial charge < -0.3 is 5.73 Å². The Kier molecular flexibility index (Phi) is 2.65. The summed E-state index contributed by atoms with van der Waals surface area (Å²) in [4.78, 5) is 25.4. The Labute approximate surface area is 94.5 Å². The van der Waals surface area contributed by atoms with Gasteiger partial charge in [-0.05, 0) is 12.1 Å². The van der Waals surface area contributed by atoms with Crippen LogP contribution in [-0.2, 0) is 0 Å². The van der Waals surface area contributed by atoms with E-state index in [1.807, 2.05) is 0 Å². The topological polar surface area (TPSA) is 90.9 Å². The van der Waals surface area contributed by atoms with Crippen molar-refractivity contribution >= 4 is 5.91 Å². The van der Waals surface area contributed by atoms with Crippen LogP contribution in [0, 0.1) is 5.82 Å². The van der Waals surface area contributed by atoms with Crippen LogP contribution in [0.1, 0.15) is 10.5 Å². The van der Waals surface area contributed by atoms with E-state index in [2.05, 4.69) is 10.1 Å². The highest BCUT2D eigenvalue weighted by Crippen LogP contribution is 2.09. The Morgan fingerprint density at radius 3 is 2.71 bits per heavy atom. The molecule has 1 aromatic heterocycles. The molecule has 1 heterocycles. The second-order valence-electron chi connectivity index (χ2n) is 3.16. The van der Waals surface area contributed by atoms with E-state index in [1.165, 1.54) is 18.2 Å². The zero-order valence-electron chi connectivity index (χ0n) is 8.50. The summed E-state index contributed by atoms with van der Waals surface area (Å²) in [5, 5.41) is 3.63. The van der Waals surface area contributed by atoms with Gasteiger partial charge in [0.05, 0.1) is 0 Å². The first-order valence-electron chi connectivity index (χ1n) is 4.60. The van der Waals surface area contributed by atoms with Crippen LogP contribution in [0.25, 0.3) is 5.69 Å². The van der Waals surface area contributed by atoms with Crippen LogP contribution in [0.5, 0.6) is 0 Å². The highest BCUT2D eigenvalue weighted by atomic mass is 19.1. The molecule has 0 bridgehead atoms. The maximum atomic E-state index is 13.4. The van der Waals surface area contributed by atoms with Crippen molar-refractivity contribution < 1.29 is 9.18 Å². The smallest absolute Gasteiger partial charge is 0.304 e. The number of carbonyl (C=O) groups excluding carboxylic acids is 1. The SMILES string of the molecule is NC(=O)c1nn(-c2ccccc2F)cnc1=O. The molecule has 7 heteroatoms. The Morgan fingerprint density at radius 2 is 2.06 bits per heavy atom. The molecule has 0 aliphatic heterocycles. The number of benzene rings is 1. The fraction of sp³-hybridized carbons (Fsp3) is 0. The van der Waals surface area contributed by atoms with Gasteiger partial charge in [0.25, 0.3) is 5.91 Å². The summed E-state index contributed by atoms with van der Waals surface area (Å²) in [5.74, 6) is -1.56. The summed E-state index contributed by atoms with van der Waals surface area (Å²) in [6.07, 6.45) is 1.02. The van der Waals surface area contributed by atoms with Gasteiger partial charge in [0.2, 0.25) is 5.69 Å². The van der Waals surface area contributed by atoms with Gasteiger partial charge in [-0.1, -0.05) is 12.1 Å². The third-order valence-corrected chi connectivity index (χ3v) is 2.03. The molecule has 1 amide bonds. The van der Waals surface area contributed by atoms with Crippen molar-refractivity contribution in [1.29, 1.82) is 0 Å². The molecule has 1 aromatic carbocycles. The molecule has 0 fully saturated rings. The second-order valence-corrected chi connectivity index (χ2v) is 3.16. The zero-order valence-corrected chi connectivity index (χ0v) is 8.50. The largest absolute Gasteiger partial charge is 0.364 e. The van der Waals surface area contributed by atoms with E-state index in [1.54, 1.807) is 6.07 Å². The van der Waals surface area contributed by atoms with E-state index in [9.17, 15) is 14.0 Å². The molecular weight excluding hydrogens is 227 g/mol. The van der Waals surface area contributed by atoms with Crippen molar-refractivity contribution in [2.24, 2.45) is 5.73 Å². The van der Waals surface area contributed by atoms with Gasteiger partial charge in [-0.15, -0.1) is 0 Å². The molecule has 17 heavy (non-hydrogen) atoms. The zero-order chi connectivity index (χ0) is 12.4. The standard InChI is InChI=1S/C10H7FN4O2/c11-6-3-1-2-4-7(6)15-5-13-10(17)8(14-15)9(12)16/h1-5H,(H2,12,16). The predicted octanol–water partition coefficient (Wildman–Crippen LogP) is -0.135. The lowest BCUT2D eigenvalue weighted by Gasteiger charge is -2.05. The number of halogens is 1. The monoisotopic (exact) mass is 234 g/mol. The number of primary amides is 1. The molecule has 0 aliphatic rings. The minimum absolute atomic E-state index is 0.0718. The van der Waals surface area contributed by atoms with E-state index in [-0.39, 0.29) is 5.69 Å². The maximum absolute atomic E-state index is 13.4. The molecule has 2 N–H and O–H groups in total. The number of carbonyl (C=O) groups is 1. The fourth-order valence-corrected chi connectivity index (χ4v) is 1.25. The molecule has 6 nitrogen and oxygen atoms in total. The van der Waals surface area contributed by atoms with Gasteiger partial charge in [0.15, 0.2) is 0 Å². The Hall–Kier alpha value is -2.57. The third-order valence-electron chi connectivity index (χ3n) is 2.03. The van der Waals surface area contributed by atoms with Crippen LogP contribution in [0.3, 0.4) is 0 Å². The predicted molar refractivity (Wildman–Crippen MR) is 56.1 cm³/mol. The minimum atomic E-state index is -1.01. The van der Waals surface area contributed by atoms with Crippen LogP contribution in [0.15, 0.2) is 35.4 Å². The summed E-state index contributed by atoms with van der Waals surface area (Å²) in [6, 6.07) is 5.74. The quantitative estimate of drug-likeness (QED) is 0.783. The van der Waals surface area contributed by atoms with E-state index in [0.29, 0.717) is 0 Å². The van der Waals surface area contributed by atoms with E-state index in [4.69, 9.17) is 5.73 Å². The molecule has 86 valence electrons. The summed E-state index contributed by atoms with van der Waals surface area (Å²) in [7, 11) is 0. The molecule has 0 unspecified atom stereocenters. The average molecular weight is 234 g/mol. The average Bonchev–Trinajstić information content (AvgIpc) is 2.30. The summed E-state index contributed by atoms with van der Waals surface area (Å²) in [5.41, 5.74) is 3.65. The molecular formula is C10H7FN4O2. The fourth-order valence-electron chi connectivity index (χ4n) is 1.25. The Bertz CT molecular complexity index is 638. The normalized spacial score (nSPS) is 10.2. The number of nitrogens with two attached hydrogens (primary N) is 1. The lowest BCUT2D eigenvalue weighted by Crippen LogP contribution is -2.28. The number of rotatable bonds is 2. The van der Waals surface area contributed by atoms with Gasteiger partial charge in [-0.3, -0.25) is 9.59 Å². The molecule has 0 spiro atoms.